The first-order valence-corrected chi connectivity index (χ1v) is 5.97. The Hall–Kier alpha value is -0.800. The normalized spacial score (nSPS) is 28.1. The van der Waals surface area contributed by atoms with Crippen LogP contribution in [0.2, 0.25) is 0 Å². The third-order valence-electron chi connectivity index (χ3n) is 3.25. The molecule has 0 radical (unpaired) electrons. The summed E-state index contributed by atoms with van der Waals surface area (Å²) in [5, 5.41) is 3.41. The highest BCUT2D eigenvalue weighted by molar-refractivity contribution is 5.23. The number of nitrogens with one attached hydrogen (secondary N) is 1. The van der Waals surface area contributed by atoms with E-state index in [4.69, 9.17) is 5.73 Å². The molecule has 0 spiro atoms. The van der Waals surface area contributed by atoms with Crippen molar-refractivity contribution in [3.05, 3.63) is 23.9 Å². The first-order valence-electron chi connectivity index (χ1n) is 5.97. The lowest BCUT2D eigenvalue weighted by Crippen LogP contribution is -2.47. The minimum Gasteiger partial charge on any atom is -0.372 e. The molecule has 1 saturated heterocycles. The zero-order valence-electron chi connectivity index (χ0n) is 9.28. The molecule has 2 aliphatic heterocycles. The largest absolute Gasteiger partial charge is 0.372 e. The van der Waals surface area contributed by atoms with Gasteiger partial charge in [0.05, 0.1) is 0 Å². The molecule has 15 heavy (non-hydrogen) atoms. The van der Waals surface area contributed by atoms with Crippen LogP contribution in [0.4, 0.5) is 0 Å². The van der Waals surface area contributed by atoms with E-state index in [0.29, 0.717) is 12.7 Å². The van der Waals surface area contributed by atoms with Gasteiger partial charge in [0.25, 0.3) is 0 Å². The summed E-state index contributed by atoms with van der Waals surface area (Å²) in [6, 6.07) is 0. The summed E-state index contributed by atoms with van der Waals surface area (Å²) in [6.45, 7) is 3.05. The quantitative estimate of drug-likeness (QED) is 0.714. The minimum atomic E-state index is 0.345. The average Bonchev–Trinajstić information content (AvgIpc) is 2.57. The molecule has 0 aromatic rings. The minimum absolute atomic E-state index is 0.345. The Morgan fingerprint density at radius 2 is 2.00 bits per heavy atom. The molecule has 1 fully saturated rings. The summed E-state index contributed by atoms with van der Waals surface area (Å²) in [6.07, 6.45) is 11.9. The highest BCUT2D eigenvalue weighted by Gasteiger charge is 2.22. The smallest absolute Gasteiger partial charge is 0.103 e. The van der Waals surface area contributed by atoms with Crippen LogP contribution in [-0.2, 0) is 0 Å². The fourth-order valence-electron chi connectivity index (χ4n) is 2.39. The second kappa shape index (κ2) is 5.33. The summed E-state index contributed by atoms with van der Waals surface area (Å²) in [4.78, 5) is 2.52. The van der Waals surface area contributed by atoms with Gasteiger partial charge < -0.3 is 11.1 Å². The predicted molar refractivity (Wildman–Crippen MR) is 63.2 cm³/mol. The Morgan fingerprint density at radius 3 is 2.67 bits per heavy atom. The van der Waals surface area contributed by atoms with Gasteiger partial charge in [0, 0.05) is 19.6 Å². The molecule has 3 N–H and O–H groups in total. The van der Waals surface area contributed by atoms with Gasteiger partial charge in [-0.1, -0.05) is 18.9 Å². The Kier molecular flexibility index (Phi) is 3.80. The summed E-state index contributed by atoms with van der Waals surface area (Å²) < 4.78 is 0. The van der Waals surface area contributed by atoms with E-state index in [9.17, 15) is 0 Å². The van der Waals surface area contributed by atoms with Gasteiger partial charge in [0.15, 0.2) is 0 Å². The van der Waals surface area contributed by atoms with Crippen LogP contribution < -0.4 is 11.1 Å². The standard InChI is InChI=1S/C12H21N3/c13-10-11-6-5-7-14-12(11)15-8-3-1-2-4-9-15/h5-7,12,14H,1-4,8-10,13H2. The molecule has 0 amide bonds. The predicted octanol–water partition coefficient (Wildman–Crippen LogP) is 1.19. The van der Waals surface area contributed by atoms with Crippen LogP contribution in [-0.4, -0.2) is 30.7 Å². The third-order valence-corrected chi connectivity index (χ3v) is 3.25. The molecule has 0 aliphatic carbocycles. The van der Waals surface area contributed by atoms with Gasteiger partial charge in [-0.15, -0.1) is 0 Å². The monoisotopic (exact) mass is 207 g/mol. The average molecular weight is 207 g/mol. The van der Waals surface area contributed by atoms with E-state index in [-0.39, 0.29) is 0 Å². The van der Waals surface area contributed by atoms with Crippen LogP contribution in [0.1, 0.15) is 25.7 Å². The van der Waals surface area contributed by atoms with E-state index in [1.165, 1.54) is 44.3 Å². The van der Waals surface area contributed by atoms with Crippen molar-refractivity contribution in [1.82, 2.24) is 10.2 Å². The van der Waals surface area contributed by atoms with Gasteiger partial charge in [-0.05, 0) is 30.7 Å². The van der Waals surface area contributed by atoms with Crippen LogP contribution in [0.3, 0.4) is 0 Å². The third kappa shape index (κ3) is 2.61. The Labute approximate surface area is 92.0 Å². The summed E-state index contributed by atoms with van der Waals surface area (Å²) >= 11 is 0. The molecule has 0 aromatic heterocycles. The number of dihydropyridines is 1. The molecule has 1 atom stereocenters. The number of nitrogens with two attached hydrogens (primary N) is 1. The maximum atomic E-state index is 5.77. The van der Waals surface area contributed by atoms with Crippen LogP contribution in [0.5, 0.6) is 0 Å². The summed E-state index contributed by atoms with van der Waals surface area (Å²) in [5.41, 5.74) is 7.08. The van der Waals surface area contributed by atoms with Crippen LogP contribution in [0.25, 0.3) is 0 Å². The molecule has 3 nitrogen and oxygen atoms in total. The first-order chi connectivity index (χ1) is 7.42. The number of hydrogen-bond acceptors (Lipinski definition) is 3. The van der Waals surface area contributed by atoms with Crippen molar-refractivity contribution in [3.63, 3.8) is 0 Å². The van der Waals surface area contributed by atoms with E-state index in [2.05, 4.69) is 16.3 Å². The number of allylic oxidation sites excluding steroid dienone is 2. The van der Waals surface area contributed by atoms with Crippen molar-refractivity contribution < 1.29 is 0 Å². The van der Waals surface area contributed by atoms with E-state index in [1.807, 2.05) is 12.3 Å². The second-order valence-corrected chi connectivity index (χ2v) is 4.32. The Balaban J connectivity index is 2.01. The molecule has 2 heterocycles. The molecule has 1 unspecified atom stereocenters. The number of nitrogens with zero attached hydrogens (tertiary/aromatic N) is 1. The number of rotatable bonds is 2. The number of hydrogen-bond donors (Lipinski definition) is 2. The molecular weight excluding hydrogens is 186 g/mol. The van der Waals surface area contributed by atoms with E-state index >= 15 is 0 Å². The zero-order valence-corrected chi connectivity index (χ0v) is 9.28. The highest BCUT2D eigenvalue weighted by atomic mass is 15.3. The van der Waals surface area contributed by atoms with Crippen molar-refractivity contribution in [3.8, 4) is 0 Å². The maximum Gasteiger partial charge on any atom is 0.103 e. The molecule has 3 heteroatoms. The highest BCUT2D eigenvalue weighted by Crippen LogP contribution is 2.17. The van der Waals surface area contributed by atoms with Crippen LogP contribution in [0.15, 0.2) is 23.9 Å². The van der Waals surface area contributed by atoms with Crippen molar-refractivity contribution >= 4 is 0 Å². The Morgan fingerprint density at radius 1 is 1.27 bits per heavy atom. The maximum absolute atomic E-state index is 5.77. The summed E-state index contributed by atoms with van der Waals surface area (Å²) in [5.74, 6) is 0. The molecule has 2 aliphatic rings. The van der Waals surface area contributed by atoms with Gasteiger partial charge in [-0.25, -0.2) is 0 Å². The zero-order chi connectivity index (χ0) is 10.5. The SMILES string of the molecule is NCC1=CC=CNC1N1CCCCCC1. The van der Waals surface area contributed by atoms with Crippen molar-refractivity contribution in [1.29, 1.82) is 0 Å². The van der Waals surface area contributed by atoms with E-state index < -0.39 is 0 Å². The first kappa shape index (κ1) is 10.7. The number of likely N-dealkylation sites (tertiary alicyclic amines) is 1. The van der Waals surface area contributed by atoms with E-state index in [1.54, 1.807) is 0 Å². The van der Waals surface area contributed by atoms with Crippen molar-refractivity contribution in [2.45, 2.75) is 31.8 Å². The van der Waals surface area contributed by atoms with Crippen molar-refractivity contribution in [2.24, 2.45) is 5.73 Å². The molecule has 84 valence electrons. The van der Waals surface area contributed by atoms with E-state index in [0.717, 1.165) is 0 Å². The second-order valence-electron chi connectivity index (χ2n) is 4.32. The topological polar surface area (TPSA) is 41.3 Å². The van der Waals surface area contributed by atoms with Gasteiger partial charge >= 0.3 is 0 Å². The fraction of sp³-hybridized carbons (Fsp3) is 0.667. The van der Waals surface area contributed by atoms with Crippen LogP contribution >= 0.6 is 0 Å². The van der Waals surface area contributed by atoms with Gasteiger partial charge in [0.2, 0.25) is 0 Å². The van der Waals surface area contributed by atoms with Crippen molar-refractivity contribution in [2.75, 3.05) is 19.6 Å². The molecule has 0 aromatic carbocycles. The Bertz CT molecular complexity index is 250. The molecular formula is C12H21N3. The lowest BCUT2D eigenvalue weighted by Gasteiger charge is -2.33. The molecule has 2 rings (SSSR count). The van der Waals surface area contributed by atoms with Crippen LogP contribution in [0, 0.1) is 0 Å². The lowest BCUT2D eigenvalue weighted by molar-refractivity contribution is 0.209. The lowest BCUT2D eigenvalue weighted by atomic mass is 10.1. The van der Waals surface area contributed by atoms with Gasteiger partial charge in [-0.3, -0.25) is 4.90 Å². The summed E-state index contributed by atoms with van der Waals surface area (Å²) in [7, 11) is 0. The molecule has 0 saturated carbocycles. The van der Waals surface area contributed by atoms with Gasteiger partial charge in [0.1, 0.15) is 6.17 Å². The van der Waals surface area contributed by atoms with Gasteiger partial charge in [-0.2, -0.15) is 0 Å². The molecule has 0 bridgehead atoms. The fourth-order valence-corrected chi connectivity index (χ4v) is 2.39.